The van der Waals surface area contributed by atoms with Crippen LogP contribution in [0.4, 0.5) is 18.9 Å². The second kappa shape index (κ2) is 6.49. The molecule has 2 aliphatic rings. The fraction of sp³-hybridized carbons (Fsp3) is 0.588. The number of carbonyl (C=O) groups is 1. The largest absolute Gasteiger partial charge is 0.573 e. The number of alkyl halides is 3. The predicted octanol–water partition coefficient (Wildman–Crippen LogP) is 3.85. The summed E-state index contributed by atoms with van der Waals surface area (Å²) in [6.45, 7) is 2.23. The lowest BCUT2D eigenvalue weighted by Crippen LogP contribution is -2.52. The first-order valence-electron chi connectivity index (χ1n) is 8.15. The molecule has 5 nitrogen and oxygen atoms in total. The van der Waals surface area contributed by atoms with Crippen LogP contribution in [0.3, 0.4) is 0 Å². The van der Waals surface area contributed by atoms with Gasteiger partial charge in [-0.15, -0.1) is 13.2 Å². The molecule has 3 rings (SSSR count). The fourth-order valence-electron chi connectivity index (χ4n) is 3.02. The van der Waals surface area contributed by atoms with Gasteiger partial charge in [0.2, 0.25) is 5.91 Å². The molecule has 1 N–H and O–H groups in total. The third-order valence-corrected chi connectivity index (χ3v) is 4.57. The summed E-state index contributed by atoms with van der Waals surface area (Å²) in [5, 5.41) is 2.69. The molecule has 1 saturated heterocycles. The lowest BCUT2D eigenvalue weighted by Gasteiger charge is -2.42. The standard InChI is InChI=1S/C17H20F3NO4/c1-15(10-23-16(24-11-15)8-2-3-9-16)14(22)21-12-4-6-13(7-5-12)25-17(18,19)20/h4-7H,2-3,8-11H2,1H3,(H,21,22). The van der Waals surface area contributed by atoms with Crippen molar-refractivity contribution in [2.75, 3.05) is 18.5 Å². The monoisotopic (exact) mass is 359 g/mol. The molecule has 1 heterocycles. The summed E-state index contributed by atoms with van der Waals surface area (Å²) in [7, 11) is 0. The minimum Gasteiger partial charge on any atom is -0.406 e. The minimum absolute atomic E-state index is 0.244. The number of carbonyl (C=O) groups excluding carboxylic acids is 1. The SMILES string of the molecule is CC1(C(=O)Nc2ccc(OC(F)(F)F)cc2)COC2(CCCC2)OC1. The summed E-state index contributed by atoms with van der Waals surface area (Å²) in [6.07, 6.45) is -0.966. The number of anilines is 1. The van der Waals surface area contributed by atoms with Crippen LogP contribution in [-0.2, 0) is 14.3 Å². The summed E-state index contributed by atoms with van der Waals surface area (Å²) >= 11 is 0. The van der Waals surface area contributed by atoms with Gasteiger partial charge >= 0.3 is 6.36 Å². The Kier molecular flexibility index (Phi) is 4.68. The smallest absolute Gasteiger partial charge is 0.406 e. The average Bonchev–Trinajstić information content (AvgIpc) is 3.00. The van der Waals surface area contributed by atoms with Gasteiger partial charge in [0.1, 0.15) is 5.75 Å². The summed E-state index contributed by atoms with van der Waals surface area (Å²) < 4.78 is 51.9. The number of amides is 1. The molecule has 8 heteroatoms. The zero-order valence-corrected chi connectivity index (χ0v) is 13.8. The number of ether oxygens (including phenoxy) is 3. The Balaban J connectivity index is 1.58. The molecule has 25 heavy (non-hydrogen) atoms. The fourth-order valence-corrected chi connectivity index (χ4v) is 3.02. The van der Waals surface area contributed by atoms with Crippen LogP contribution < -0.4 is 10.1 Å². The maximum absolute atomic E-state index is 12.5. The lowest BCUT2D eigenvalue weighted by atomic mass is 9.90. The number of halogens is 3. The van der Waals surface area contributed by atoms with Crippen molar-refractivity contribution in [3.8, 4) is 5.75 Å². The van der Waals surface area contributed by atoms with E-state index in [1.807, 2.05) is 0 Å². The highest BCUT2D eigenvalue weighted by atomic mass is 19.4. The van der Waals surface area contributed by atoms with Gasteiger partial charge in [-0.3, -0.25) is 4.79 Å². The van der Waals surface area contributed by atoms with Crippen LogP contribution in [0.15, 0.2) is 24.3 Å². The van der Waals surface area contributed by atoms with Crippen LogP contribution in [0.1, 0.15) is 32.6 Å². The maximum atomic E-state index is 12.5. The van der Waals surface area contributed by atoms with E-state index in [1.165, 1.54) is 12.1 Å². The lowest BCUT2D eigenvalue weighted by molar-refractivity contribution is -0.291. The molecular formula is C17H20F3NO4. The first-order chi connectivity index (χ1) is 11.7. The number of hydrogen-bond donors (Lipinski definition) is 1. The van der Waals surface area contributed by atoms with E-state index >= 15 is 0 Å². The molecule has 1 amide bonds. The zero-order valence-electron chi connectivity index (χ0n) is 13.8. The van der Waals surface area contributed by atoms with E-state index < -0.39 is 17.6 Å². The summed E-state index contributed by atoms with van der Waals surface area (Å²) in [5.74, 6) is -1.19. The van der Waals surface area contributed by atoms with E-state index in [4.69, 9.17) is 9.47 Å². The van der Waals surface area contributed by atoms with E-state index in [1.54, 1.807) is 6.92 Å². The van der Waals surface area contributed by atoms with Crippen molar-refractivity contribution in [3.63, 3.8) is 0 Å². The van der Waals surface area contributed by atoms with E-state index in [-0.39, 0.29) is 24.9 Å². The number of rotatable bonds is 3. The highest BCUT2D eigenvalue weighted by Gasteiger charge is 2.47. The second-order valence-corrected chi connectivity index (χ2v) is 6.78. The Morgan fingerprint density at radius 1 is 1.12 bits per heavy atom. The van der Waals surface area contributed by atoms with E-state index in [2.05, 4.69) is 10.1 Å². The summed E-state index contributed by atoms with van der Waals surface area (Å²) in [6, 6.07) is 5.00. The molecule has 0 aromatic heterocycles. The molecule has 2 fully saturated rings. The normalized spacial score (nSPS) is 21.9. The predicted molar refractivity (Wildman–Crippen MR) is 83.0 cm³/mol. The Morgan fingerprint density at radius 3 is 2.20 bits per heavy atom. The Hall–Kier alpha value is -1.80. The van der Waals surface area contributed by atoms with Crippen molar-refractivity contribution < 1.29 is 32.2 Å². The van der Waals surface area contributed by atoms with Gasteiger partial charge in [-0.1, -0.05) is 0 Å². The highest BCUT2D eigenvalue weighted by molar-refractivity contribution is 5.95. The Labute approximate surface area is 143 Å². The molecule has 0 radical (unpaired) electrons. The molecule has 1 aliphatic carbocycles. The second-order valence-electron chi connectivity index (χ2n) is 6.78. The first kappa shape index (κ1) is 18.0. The van der Waals surface area contributed by atoms with E-state index in [0.717, 1.165) is 37.8 Å². The highest BCUT2D eigenvalue weighted by Crippen LogP contribution is 2.41. The quantitative estimate of drug-likeness (QED) is 0.891. The van der Waals surface area contributed by atoms with Gasteiger partial charge in [-0.25, -0.2) is 0 Å². The minimum atomic E-state index is -4.74. The number of hydrogen-bond acceptors (Lipinski definition) is 4. The van der Waals surface area contributed by atoms with Crippen molar-refractivity contribution in [2.45, 2.75) is 44.8 Å². The van der Waals surface area contributed by atoms with Crippen LogP contribution in [0.25, 0.3) is 0 Å². The first-order valence-corrected chi connectivity index (χ1v) is 8.15. The number of benzene rings is 1. The molecule has 1 saturated carbocycles. The van der Waals surface area contributed by atoms with Crippen LogP contribution in [-0.4, -0.2) is 31.3 Å². The van der Waals surface area contributed by atoms with Gasteiger partial charge in [0, 0.05) is 18.5 Å². The molecule has 1 aromatic rings. The van der Waals surface area contributed by atoms with Crippen LogP contribution >= 0.6 is 0 Å². The van der Waals surface area contributed by atoms with Crippen LogP contribution in [0, 0.1) is 5.41 Å². The van der Waals surface area contributed by atoms with Crippen LogP contribution in [0.2, 0.25) is 0 Å². The summed E-state index contributed by atoms with van der Waals surface area (Å²) in [5.41, 5.74) is -0.475. The Bertz CT molecular complexity index is 614. The molecule has 138 valence electrons. The van der Waals surface area contributed by atoms with Crippen molar-refractivity contribution in [1.82, 2.24) is 0 Å². The maximum Gasteiger partial charge on any atom is 0.573 e. The summed E-state index contributed by atoms with van der Waals surface area (Å²) in [4.78, 5) is 12.5. The Morgan fingerprint density at radius 2 is 1.68 bits per heavy atom. The van der Waals surface area contributed by atoms with Crippen molar-refractivity contribution >= 4 is 11.6 Å². The molecule has 0 unspecified atom stereocenters. The van der Waals surface area contributed by atoms with Gasteiger partial charge in [0.05, 0.1) is 18.6 Å². The van der Waals surface area contributed by atoms with E-state index in [9.17, 15) is 18.0 Å². The molecule has 0 atom stereocenters. The topological polar surface area (TPSA) is 56.8 Å². The number of nitrogens with one attached hydrogen (secondary N) is 1. The average molecular weight is 359 g/mol. The van der Waals surface area contributed by atoms with Crippen molar-refractivity contribution in [2.24, 2.45) is 5.41 Å². The third kappa shape index (κ3) is 4.24. The van der Waals surface area contributed by atoms with E-state index in [0.29, 0.717) is 5.69 Å². The molecule has 1 aromatic carbocycles. The molecule has 1 spiro atoms. The van der Waals surface area contributed by atoms with Crippen molar-refractivity contribution in [3.05, 3.63) is 24.3 Å². The van der Waals surface area contributed by atoms with Crippen LogP contribution in [0.5, 0.6) is 5.75 Å². The van der Waals surface area contributed by atoms with Gasteiger partial charge < -0.3 is 19.5 Å². The van der Waals surface area contributed by atoms with Gasteiger partial charge in [-0.2, -0.15) is 0 Å². The third-order valence-electron chi connectivity index (χ3n) is 4.57. The molecule has 0 bridgehead atoms. The molecular weight excluding hydrogens is 339 g/mol. The van der Waals surface area contributed by atoms with Gasteiger partial charge in [0.15, 0.2) is 5.79 Å². The van der Waals surface area contributed by atoms with Gasteiger partial charge in [-0.05, 0) is 44.0 Å². The molecule has 1 aliphatic heterocycles. The van der Waals surface area contributed by atoms with Gasteiger partial charge in [0.25, 0.3) is 0 Å². The van der Waals surface area contributed by atoms with Crippen molar-refractivity contribution in [1.29, 1.82) is 0 Å². The zero-order chi connectivity index (χ0) is 18.1.